The number of alkyl halides is 3. The first kappa shape index (κ1) is 12.1. The number of esters is 1. The fraction of sp³-hybridized carbons (Fsp3) is 0.250. The van der Waals surface area contributed by atoms with Crippen molar-refractivity contribution in [2.24, 2.45) is 0 Å². The van der Waals surface area contributed by atoms with Gasteiger partial charge in [-0.1, -0.05) is 0 Å². The molecule has 0 aromatic heterocycles. The summed E-state index contributed by atoms with van der Waals surface area (Å²) in [6, 6.07) is 0. The van der Waals surface area contributed by atoms with Gasteiger partial charge in [-0.05, 0) is 0 Å². The third-order valence-corrected chi connectivity index (χ3v) is 1.64. The summed E-state index contributed by atoms with van der Waals surface area (Å²) < 4.78 is 38.2. The predicted molar refractivity (Wildman–Crippen MR) is 43.7 cm³/mol. The van der Waals surface area contributed by atoms with Crippen molar-refractivity contribution in [3.05, 3.63) is 23.5 Å². The van der Waals surface area contributed by atoms with Gasteiger partial charge < -0.3 is 15.2 Å². The highest BCUT2D eigenvalue weighted by Gasteiger charge is 2.35. The number of carbonyl (C=O) groups excluding carboxylic acids is 1. The number of carboxylic acid groups (broad SMARTS) is 1. The normalized spacial score (nSPS) is 15.7. The summed E-state index contributed by atoms with van der Waals surface area (Å²) in [5.74, 6) is -2.94. The van der Waals surface area contributed by atoms with Crippen LogP contribution in [-0.4, -0.2) is 23.4 Å². The standard InChI is InChI=1S/C8H6F3NO4/c9-8(10,11)16-7(15)5-1-4(6(13)14)2-12-3-5/h2-3,12H,1H2,(H,13,14). The van der Waals surface area contributed by atoms with E-state index in [0.29, 0.717) is 0 Å². The summed E-state index contributed by atoms with van der Waals surface area (Å²) in [7, 11) is 0. The molecular weight excluding hydrogens is 231 g/mol. The lowest BCUT2D eigenvalue weighted by Crippen LogP contribution is -2.24. The zero-order valence-electron chi connectivity index (χ0n) is 7.67. The van der Waals surface area contributed by atoms with E-state index in [1.807, 2.05) is 0 Å². The summed E-state index contributed by atoms with van der Waals surface area (Å²) in [5.41, 5.74) is -0.631. The minimum atomic E-state index is -5.08. The highest BCUT2D eigenvalue weighted by molar-refractivity contribution is 5.94. The van der Waals surface area contributed by atoms with Crippen molar-refractivity contribution >= 4 is 11.9 Å². The van der Waals surface area contributed by atoms with Crippen LogP contribution < -0.4 is 5.32 Å². The fourth-order valence-corrected chi connectivity index (χ4v) is 0.989. The highest BCUT2D eigenvalue weighted by Crippen LogP contribution is 2.22. The molecule has 0 aliphatic carbocycles. The van der Waals surface area contributed by atoms with Gasteiger partial charge in [0.25, 0.3) is 0 Å². The zero-order chi connectivity index (χ0) is 12.3. The van der Waals surface area contributed by atoms with E-state index in [1.165, 1.54) is 0 Å². The van der Waals surface area contributed by atoms with Crippen LogP contribution in [0.3, 0.4) is 0 Å². The van der Waals surface area contributed by atoms with Crippen molar-refractivity contribution < 1.29 is 32.6 Å². The topological polar surface area (TPSA) is 75.6 Å². The molecule has 5 nitrogen and oxygen atoms in total. The summed E-state index contributed by atoms with van der Waals surface area (Å²) >= 11 is 0. The molecule has 0 unspecified atom stereocenters. The van der Waals surface area contributed by atoms with Gasteiger partial charge in [0, 0.05) is 18.8 Å². The molecule has 0 amide bonds. The number of rotatable bonds is 2. The lowest BCUT2D eigenvalue weighted by molar-refractivity contribution is -0.303. The summed E-state index contributed by atoms with van der Waals surface area (Å²) in [6.07, 6.45) is -3.47. The third-order valence-electron chi connectivity index (χ3n) is 1.64. The van der Waals surface area contributed by atoms with Crippen LogP contribution in [0.4, 0.5) is 13.2 Å². The number of ether oxygens (including phenoxy) is 1. The Labute approximate surface area is 87.2 Å². The number of dihydropyridines is 1. The monoisotopic (exact) mass is 237 g/mol. The van der Waals surface area contributed by atoms with Crippen LogP contribution in [-0.2, 0) is 14.3 Å². The maximum absolute atomic E-state index is 11.7. The van der Waals surface area contributed by atoms with Crippen molar-refractivity contribution in [3.8, 4) is 0 Å². The molecule has 0 aromatic rings. The Kier molecular flexibility index (Phi) is 3.21. The lowest BCUT2D eigenvalue weighted by Gasteiger charge is -2.13. The molecule has 0 fully saturated rings. The van der Waals surface area contributed by atoms with E-state index in [9.17, 15) is 22.8 Å². The van der Waals surface area contributed by atoms with E-state index in [0.717, 1.165) is 12.4 Å². The first-order valence-corrected chi connectivity index (χ1v) is 3.97. The van der Waals surface area contributed by atoms with Crippen LogP contribution in [0.5, 0.6) is 0 Å². The molecule has 0 saturated carbocycles. The van der Waals surface area contributed by atoms with Crippen LogP contribution in [0.2, 0.25) is 0 Å². The number of carbonyl (C=O) groups is 2. The second kappa shape index (κ2) is 4.25. The zero-order valence-corrected chi connectivity index (χ0v) is 7.67. The summed E-state index contributed by atoms with van der Waals surface area (Å²) in [4.78, 5) is 21.4. The molecule has 1 rings (SSSR count). The van der Waals surface area contributed by atoms with Crippen LogP contribution in [0.1, 0.15) is 6.42 Å². The minimum Gasteiger partial charge on any atom is -0.478 e. The Hall–Kier alpha value is -1.99. The molecule has 2 N–H and O–H groups in total. The molecule has 0 atom stereocenters. The lowest BCUT2D eigenvalue weighted by atomic mass is 10.1. The van der Waals surface area contributed by atoms with Gasteiger partial charge in [-0.2, -0.15) is 0 Å². The molecule has 8 heteroatoms. The van der Waals surface area contributed by atoms with Crippen molar-refractivity contribution in [2.45, 2.75) is 12.8 Å². The van der Waals surface area contributed by atoms with E-state index >= 15 is 0 Å². The van der Waals surface area contributed by atoms with Gasteiger partial charge in [-0.15, -0.1) is 13.2 Å². The number of aliphatic carboxylic acids is 1. The van der Waals surface area contributed by atoms with E-state index in [4.69, 9.17) is 5.11 Å². The van der Waals surface area contributed by atoms with Crippen molar-refractivity contribution in [3.63, 3.8) is 0 Å². The van der Waals surface area contributed by atoms with Gasteiger partial charge >= 0.3 is 18.3 Å². The fourth-order valence-electron chi connectivity index (χ4n) is 0.989. The van der Waals surface area contributed by atoms with E-state index in [2.05, 4.69) is 10.1 Å². The molecule has 0 saturated heterocycles. The first-order chi connectivity index (χ1) is 7.29. The Morgan fingerprint density at radius 1 is 1.31 bits per heavy atom. The van der Waals surface area contributed by atoms with E-state index < -0.39 is 30.3 Å². The van der Waals surface area contributed by atoms with E-state index in [-0.39, 0.29) is 5.57 Å². The number of carboxylic acids is 1. The smallest absolute Gasteiger partial charge is 0.478 e. The highest BCUT2D eigenvalue weighted by atomic mass is 19.4. The third kappa shape index (κ3) is 3.30. The SMILES string of the molecule is O=C(O)C1=CNC=C(C(=O)OC(F)(F)F)C1. The van der Waals surface area contributed by atoms with Gasteiger partial charge in [0.1, 0.15) is 0 Å². The van der Waals surface area contributed by atoms with Crippen molar-refractivity contribution in [2.75, 3.05) is 0 Å². The van der Waals surface area contributed by atoms with Gasteiger partial charge in [-0.3, -0.25) is 0 Å². The molecule has 0 bridgehead atoms. The number of nitrogens with one attached hydrogen (secondary N) is 1. The molecule has 1 aliphatic heterocycles. The Morgan fingerprint density at radius 2 is 1.88 bits per heavy atom. The molecule has 0 radical (unpaired) electrons. The summed E-state index contributed by atoms with van der Waals surface area (Å²) in [6.45, 7) is 0. The average Bonchev–Trinajstić information content (AvgIpc) is 2.15. The molecule has 1 aliphatic rings. The number of hydrogen-bond donors (Lipinski definition) is 2. The Bertz CT molecular complexity index is 383. The molecule has 1 heterocycles. The van der Waals surface area contributed by atoms with Gasteiger partial charge in [0.2, 0.25) is 0 Å². The molecule has 0 aromatic carbocycles. The Morgan fingerprint density at radius 3 is 2.38 bits per heavy atom. The summed E-state index contributed by atoms with van der Waals surface area (Å²) in [5, 5.41) is 10.8. The molecule has 0 spiro atoms. The number of halogens is 3. The Balaban J connectivity index is 2.67. The second-order valence-corrected chi connectivity index (χ2v) is 2.82. The van der Waals surface area contributed by atoms with Gasteiger partial charge in [-0.25, -0.2) is 9.59 Å². The molecule has 16 heavy (non-hydrogen) atoms. The van der Waals surface area contributed by atoms with Gasteiger partial charge in [0.05, 0.1) is 11.1 Å². The van der Waals surface area contributed by atoms with Crippen LogP contribution in [0.25, 0.3) is 0 Å². The van der Waals surface area contributed by atoms with Crippen LogP contribution >= 0.6 is 0 Å². The molecular formula is C8H6F3NO4. The number of hydrogen-bond acceptors (Lipinski definition) is 4. The molecule has 88 valence electrons. The minimum absolute atomic E-state index is 0.225. The van der Waals surface area contributed by atoms with Crippen LogP contribution in [0.15, 0.2) is 23.5 Å². The maximum Gasteiger partial charge on any atom is 0.575 e. The van der Waals surface area contributed by atoms with E-state index in [1.54, 1.807) is 0 Å². The quantitative estimate of drug-likeness (QED) is 0.697. The second-order valence-electron chi connectivity index (χ2n) is 2.82. The average molecular weight is 237 g/mol. The first-order valence-electron chi connectivity index (χ1n) is 3.97. The van der Waals surface area contributed by atoms with Crippen LogP contribution in [0, 0.1) is 0 Å². The van der Waals surface area contributed by atoms with Crippen molar-refractivity contribution in [1.29, 1.82) is 0 Å². The van der Waals surface area contributed by atoms with Gasteiger partial charge in [0.15, 0.2) is 0 Å². The maximum atomic E-state index is 11.7. The van der Waals surface area contributed by atoms with Crippen molar-refractivity contribution in [1.82, 2.24) is 5.32 Å². The predicted octanol–water partition coefficient (Wildman–Crippen LogP) is 0.895. The largest absolute Gasteiger partial charge is 0.575 e.